The number of benzene rings is 1. The quantitative estimate of drug-likeness (QED) is 0.884. The third kappa shape index (κ3) is 3.57. The molecule has 1 aromatic heterocycles. The van der Waals surface area contributed by atoms with Gasteiger partial charge in [0.1, 0.15) is 17.1 Å². The van der Waals surface area contributed by atoms with Crippen molar-refractivity contribution in [2.45, 2.75) is 0 Å². The zero-order chi connectivity index (χ0) is 15.4. The van der Waals surface area contributed by atoms with E-state index in [0.717, 1.165) is 4.47 Å². The van der Waals surface area contributed by atoms with Gasteiger partial charge in [-0.05, 0) is 30.3 Å². The standard InChI is InChI=1S/C14H11BrN2O4/c1-21-12-6-5-8(15)7-11(12)17-13(18)9-3-2-4-10(16-9)14(19)20/h2-7H,1H3,(H,17,18)(H,19,20). The van der Waals surface area contributed by atoms with Gasteiger partial charge in [-0.1, -0.05) is 22.0 Å². The minimum Gasteiger partial charge on any atom is -0.495 e. The van der Waals surface area contributed by atoms with E-state index in [1.807, 2.05) is 0 Å². The van der Waals surface area contributed by atoms with E-state index in [-0.39, 0.29) is 11.4 Å². The number of carboxylic acid groups (broad SMARTS) is 1. The SMILES string of the molecule is COc1ccc(Br)cc1NC(=O)c1cccc(C(=O)O)n1. The molecule has 0 atom stereocenters. The number of methoxy groups -OCH3 is 1. The summed E-state index contributed by atoms with van der Waals surface area (Å²) in [6.45, 7) is 0. The molecule has 108 valence electrons. The largest absolute Gasteiger partial charge is 0.495 e. The zero-order valence-corrected chi connectivity index (χ0v) is 12.5. The highest BCUT2D eigenvalue weighted by atomic mass is 79.9. The molecule has 1 heterocycles. The third-order valence-electron chi connectivity index (χ3n) is 2.61. The minimum absolute atomic E-state index is 0.0110. The maximum absolute atomic E-state index is 12.1. The van der Waals surface area contributed by atoms with Crippen LogP contribution in [0.5, 0.6) is 5.75 Å². The van der Waals surface area contributed by atoms with E-state index >= 15 is 0 Å². The first kappa shape index (κ1) is 15.0. The topological polar surface area (TPSA) is 88.5 Å². The molecule has 0 saturated carbocycles. The second-order valence-electron chi connectivity index (χ2n) is 4.01. The molecule has 6 nitrogen and oxygen atoms in total. The Morgan fingerprint density at radius 3 is 2.62 bits per heavy atom. The highest BCUT2D eigenvalue weighted by Crippen LogP contribution is 2.28. The number of hydrogen-bond acceptors (Lipinski definition) is 4. The molecule has 1 amide bonds. The average molecular weight is 351 g/mol. The van der Waals surface area contributed by atoms with E-state index in [1.165, 1.54) is 25.3 Å². The first-order valence-corrected chi connectivity index (χ1v) is 6.66. The number of aromatic nitrogens is 1. The first-order valence-electron chi connectivity index (χ1n) is 5.86. The van der Waals surface area contributed by atoms with Gasteiger partial charge in [-0.3, -0.25) is 4.79 Å². The molecule has 0 aliphatic rings. The van der Waals surface area contributed by atoms with Gasteiger partial charge in [0.2, 0.25) is 0 Å². The van der Waals surface area contributed by atoms with Crippen molar-refractivity contribution in [3.8, 4) is 5.75 Å². The van der Waals surface area contributed by atoms with Crippen LogP contribution in [0.15, 0.2) is 40.9 Å². The van der Waals surface area contributed by atoms with Crippen LogP contribution >= 0.6 is 15.9 Å². The Hall–Kier alpha value is -2.41. The highest BCUT2D eigenvalue weighted by molar-refractivity contribution is 9.10. The Balaban J connectivity index is 2.28. The van der Waals surface area contributed by atoms with Gasteiger partial charge in [-0.15, -0.1) is 0 Å². The Labute approximate surface area is 128 Å². The Kier molecular flexibility index (Phi) is 4.54. The molecule has 0 bridgehead atoms. The van der Waals surface area contributed by atoms with E-state index in [2.05, 4.69) is 26.2 Å². The molecule has 1 aromatic carbocycles. The van der Waals surface area contributed by atoms with Crippen LogP contribution in [-0.4, -0.2) is 29.1 Å². The molecule has 0 fully saturated rings. The summed E-state index contributed by atoms with van der Waals surface area (Å²) in [5.74, 6) is -1.22. The monoisotopic (exact) mass is 350 g/mol. The lowest BCUT2D eigenvalue weighted by Crippen LogP contribution is -2.16. The lowest BCUT2D eigenvalue weighted by Gasteiger charge is -2.10. The van der Waals surface area contributed by atoms with Crippen molar-refractivity contribution < 1.29 is 19.4 Å². The predicted molar refractivity (Wildman–Crippen MR) is 79.8 cm³/mol. The molecule has 0 saturated heterocycles. The maximum atomic E-state index is 12.1. The van der Waals surface area contributed by atoms with Crippen LogP contribution in [0.3, 0.4) is 0 Å². The fourth-order valence-corrected chi connectivity index (χ4v) is 2.01. The van der Waals surface area contributed by atoms with Gasteiger partial charge in [0, 0.05) is 4.47 Å². The molecule has 0 radical (unpaired) electrons. The van der Waals surface area contributed by atoms with Crippen LogP contribution in [0, 0.1) is 0 Å². The van der Waals surface area contributed by atoms with Crippen LogP contribution in [0.2, 0.25) is 0 Å². The number of nitrogens with zero attached hydrogens (tertiary/aromatic N) is 1. The van der Waals surface area contributed by atoms with Gasteiger partial charge in [0.15, 0.2) is 0 Å². The molecule has 2 N–H and O–H groups in total. The summed E-state index contributed by atoms with van der Waals surface area (Å²) in [6, 6.07) is 9.37. The van der Waals surface area contributed by atoms with Gasteiger partial charge < -0.3 is 15.2 Å². The van der Waals surface area contributed by atoms with Crippen molar-refractivity contribution in [3.63, 3.8) is 0 Å². The van der Waals surface area contributed by atoms with Crippen LogP contribution in [-0.2, 0) is 0 Å². The lowest BCUT2D eigenvalue weighted by molar-refractivity contribution is 0.0690. The van der Waals surface area contributed by atoms with E-state index in [0.29, 0.717) is 11.4 Å². The number of carboxylic acids is 1. The van der Waals surface area contributed by atoms with Crippen molar-refractivity contribution >= 4 is 33.5 Å². The summed E-state index contributed by atoms with van der Waals surface area (Å²) in [7, 11) is 1.49. The molecular formula is C14H11BrN2O4. The van der Waals surface area contributed by atoms with Gasteiger partial charge in [0.25, 0.3) is 5.91 Å². The summed E-state index contributed by atoms with van der Waals surface area (Å²) in [4.78, 5) is 26.8. The summed E-state index contributed by atoms with van der Waals surface area (Å²) in [5, 5.41) is 11.5. The number of carbonyl (C=O) groups excluding carboxylic acids is 1. The van der Waals surface area contributed by atoms with Gasteiger partial charge in [-0.25, -0.2) is 9.78 Å². The number of pyridine rings is 1. The minimum atomic E-state index is -1.19. The van der Waals surface area contributed by atoms with Crippen LogP contribution < -0.4 is 10.1 Å². The molecule has 2 aromatic rings. The summed E-state index contributed by atoms with van der Waals surface area (Å²) in [5.41, 5.74) is 0.278. The number of amides is 1. The van der Waals surface area contributed by atoms with Crippen LogP contribution in [0.4, 0.5) is 5.69 Å². The molecule has 0 aliphatic carbocycles. The molecule has 2 rings (SSSR count). The molecule has 0 spiro atoms. The number of halogens is 1. The molecule has 0 unspecified atom stereocenters. The summed E-state index contributed by atoms with van der Waals surface area (Å²) >= 11 is 3.30. The summed E-state index contributed by atoms with van der Waals surface area (Å²) in [6.07, 6.45) is 0. The van der Waals surface area contributed by atoms with Crippen molar-refractivity contribution in [3.05, 3.63) is 52.3 Å². The highest BCUT2D eigenvalue weighted by Gasteiger charge is 2.13. The predicted octanol–water partition coefficient (Wildman–Crippen LogP) is 2.80. The number of aromatic carboxylic acids is 1. The number of hydrogen-bond donors (Lipinski definition) is 2. The Bertz CT molecular complexity index is 703. The van der Waals surface area contributed by atoms with Gasteiger partial charge in [0.05, 0.1) is 12.8 Å². The average Bonchev–Trinajstić information content (AvgIpc) is 2.47. The van der Waals surface area contributed by atoms with E-state index in [9.17, 15) is 9.59 Å². The number of nitrogens with one attached hydrogen (secondary N) is 1. The fraction of sp³-hybridized carbons (Fsp3) is 0.0714. The fourth-order valence-electron chi connectivity index (χ4n) is 1.64. The number of anilines is 1. The second-order valence-corrected chi connectivity index (χ2v) is 4.93. The van der Waals surface area contributed by atoms with Crippen molar-refractivity contribution in [2.75, 3.05) is 12.4 Å². The number of carbonyl (C=O) groups is 2. The van der Waals surface area contributed by atoms with Crippen molar-refractivity contribution in [1.29, 1.82) is 0 Å². The Morgan fingerprint density at radius 1 is 1.24 bits per heavy atom. The molecular weight excluding hydrogens is 340 g/mol. The second kappa shape index (κ2) is 6.36. The summed E-state index contributed by atoms with van der Waals surface area (Å²) < 4.78 is 5.92. The van der Waals surface area contributed by atoms with Crippen molar-refractivity contribution in [1.82, 2.24) is 4.98 Å². The molecule has 21 heavy (non-hydrogen) atoms. The van der Waals surface area contributed by atoms with E-state index < -0.39 is 11.9 Å². The van der Waals surface area contributed by atoms with Crippen LogP contribution in [0.1, 0.15) is 21.0 Å². The molecule has 7 heteroatoms. The first-order chi connectivity index (χ1) is 10.0. The number of ether oxygens (including phenoxy) is 1. The third-order valence-corrected chi connectivity index (χ3v) is 3.10. The van der Waals surface area contributed by atoms with Crippen LogP contribution in [0.25, 0.3) is 0 Å². The molecule has 0 aliphatic heterocycles. The van der Waals surface area contributed by atoms with E-state index in [4.69, 9.17) is 9.84 Å². The van der Waals surface area contributed by atoms with Gasteiger partial charge in [-0.2, -0.15) is 0 Å². The lowest BCUT2D eigenvalue weighted by atomic mass is 10.2. The maximum Gasteiger partial charge on any atom is 0.354 e. The van der Waals surface area contributed by atoms with E-state index in [1.54, 1.807) is 18.2 Å². The zero-order valence-electron chi connectivity index (χ0n) is 11.0. The van der Waals surface area contributed by atoms with Gasteiger partial charge >= 0.3 is 5.97 Å². The Morgan fingerprint density at radius 2 is 1.95 bits per heavy atom. The smallest absolute Gasteiger partial charge is 0.354 e. The number of rotatable bonds is 4. The normalized spacial score (nSPS) is 10.0. The van der Waals surface area contributed by atoms with Crippen molar-refractivity contribution in [2.24, 2.45) is 0 Å².